The monoisotopic (exact) mass is 474 g/mol. The summed E-state index contributed by atoms with van der Waals surface area (Å²) in [7, 11) is 0. The van der Waals surface area contributed by atoms with Gasteiger partial charge in [0, 0.05) is 54.7 Å². The van der Waals surface area contributed by atoms with Crippen LogP contribution in [0.4, 0.5) is 0 Å². The van der Waals surface area contributed by atoms with Crippen LogP contribution in [-0.2, 0) is 36.3 Å². The maximum atomic E-state index is 9.15. The molecule has 0 saturated carbocycles. The standard InChI is InChI=1S/C26H42N4O2S/c1-6-22-14-23-24(33-22)9-13-32-26(23)10-11-29(20(3)15-26)16-21-17-30(28-27-21)18-25(4,5)19(2)8-7-12-31/h14,17,19-20,31H,6-13,15-16,18H2,1-5H3/t19?,20-,26+/m0/s1. The lowest BCUT2D eigenvalue weighted by Gasteiger charge is -2.47. The summed E-state index contributed by atoms with van der Waals surface area (Å²) in [5.74, 6) is 0.515. The van der Waals surface area contributed by atoms with E-state index >= 15 is 0 Å². The lowest BCUT2D eigenvalue weighted by molar-refractivity contribution is -0.112. The highest BCUT2D eigenvalue weighted by Gasteiger charge is 2.44. The first-order chi connectivity index (χ1) is 15.8. The van der Waals surface area contributed by atoms with Crippen LogP contribution in [0, 0.1) is 11.3 Å². The molecular weight excluding hydrogens is 432 g/mol. The number of aliphatic hydroxyl groups is 1. The first-order valence-electron chi connectivity index (χ1n) is 12.8. The molecule has 4 rings (SSSR count). The van der Waals surface area contributed by atoms with E-state index < -0.39 is 0 Å². The van der Waals surface area contributed by atoms with Crippen LogP contribution in [0.25, 0.3) is 0 Å². The number of nitrogens with zero attached hydrogens (tertiary/aromatic N) is 4. The quantitative estimate of drug-likeness (QED) is 0.566. The molecule has 2 aromatic rings. The van der Waals surface area contributed by atoms with E-state index in [0.29, 0.717) is 12.0 Å². The van der Waals surface area contributed by atoms with E-state index in [1.807, 2.05) is 16.0 Å². The maximum Gasteiger partial charge on any atom is 0.0969 e. The largest absolute Gasteiger partial charge is 0.396 e. The van der Waals surface area contributed by atoms with Gasteiger partial charge in [-0.1, -0.05) is 32.9 Å². The molecule has 4 heterocycles. The molecule has 1 unspecified atom stereocenters. The number of thiophene rings is 1. The van der Waals surface area contributed by atoms with E-state index in [4.69, 9.17) is 9.84 Å². The number of aromatic nitrogens is 3. The Hall–Kier alpha value is -1.28. The molecule has 1 saturated heterocycles. The Balaban J connectivity index is 1.38. The molecule has 0 aromatic carbocycles. The molecule has 1 N–H and O–H groups in total. The fourth-order valence-electron chi connectivity index (χ4n) is 5.57. The summed E-state index contributed by atoms with van der Waals surface area (Å²) in [5, 5.41) is 18.1. The Morgan fingerprint density at radius 2 is 2.21 bits per heavy atom. The van der Waals surface area contributed by atoms with Gasteiger partial charge in [0.15, 0.2) is 0 Å². The van der Waals surface area contributed by atoms with Crippen molar-refractivity contribution in [3.63, 3.8) is 0 Å². The van der Waals surface area contributed by atoms with Crippen molar-refractivity contribution < 1.29 is 9.84 Å². The fourth-order valence-corrected chi connectivity index (χ4v) is 6.75. The van der Waals surface area contributed by atoms with Crippen molar-refractivity contribution in [1.29, 1.82) is 0 Å². The molecule has 3 atom stereocenters. The lowest BCUT2D eigenvalue weighted by Crippen LogP contribution is -2.50. The van der Waals surface area contributed by atoms with Crippen LogP contribution < -0.4 is 0 Å². The van der Waals surface area contributed by atoms with Gasteiger partial charge in [0.05, 0.1) is 17.9 Å². The molecule has 6 nitrogen and oxygen atoms in total. The van der Waals surface area contributed by atoms with Crippen molar-refractivity contribution >= 4 is 11.3 Å². The van der Waals surface area contributed by atoms with E-state index in [9.17, 15) is 0 Å². The number of aliphatic hydroxyl groups excluding tert-OH is 1. The molecule has 0 radical (unpaired) electrons. The van der Waals surface area contributed by atoms with E-state index in [1.165, 1.54) is 10.4 Å². The predicted octanol–water partition coefficient (Wildman–Crippen LogP) is 4.79. The van der Waals surface area contributed by atoms with Crippen molar-refractivity contribution in [3.8, 4) is 0 Å². The van der Waals surface area contributed by atoms with Gasteiger partial charge in [0.25, 0.3) is 0 Å². The molecule has 1 spiro atoms. The molecule has 0 amide bonds. The number of hydrogen-bond donors (Lipinski definition) is 1. The van der Waals surface area contributed by atoms with Crippen molar-refractivity contribution in [2.24, 2.45) is 11.3 Å². The number of ether oxygens (including phenoxy) is 1. The zero-order valence-electron chi connectivity index (χ0n) is 21.1. The van der Waals surface area contributed by atoms with Crippen LogP contribution in [0.2, 0.25) is 0 Å². The van der Waals surface area contributed by atoms with Crippen molar-refractivity contribution in [3.05, 3.63) is 33.3 Å². The average Bonchev–Trinajstić information content (AvgIpc) is 3.41. The smallest absolute Gasteiger partial charge is 0.0969 e. The zero-order valence-corrected chi connectivity index (χ0v) is 22.0. The number of likely N-dealkylation sites (tertiary alicyclic amines) is 1. The first kappa shape index (κ1) is 24.8. The fraction of sp³-hybridized carbons (Fsp3) is 0.769. The normalized spacial score (nSPS) is 24.8. The number of aryl methyl sites for hydroxylation is 1. The molecule has 2 aliphatic heterocycles. The zero-order chi connectivity index (χ0) is 23.6. The molecule has 0 bridgehead atoms. The number of hydrogen-bond acceptors (Lipinski definition) is 6. The van der Waals surface area contributed by atoms with E-state index in [1.54, 1.807) is 4.88 Å². The van der Waals surface area contributed by atoms with Crippen molar-refractivity contribution in [2.45, 2.75) is 97.9 Å². The SMILES string of the molecule is CCc1cc2c(s1)CCO[C@@]21CCN(Cc2cn(CC(C)(C)C(C)CCCO)nn2)[C@@H](C)C1. The van der Waals surface area contributed by atoms with Crippen LogP contribution in [-0.4, -0.2) is 50.8 Å². The van der Waals surface area contributed by atoms with Gasteiger partial charge in [-0.2, -0.15) is 0 Å². The maximum absolute atomic E-state index is 9.15. The number of fused-ring (bicyclic) bond motifs is 2. The third kappa shape index (κ3) is 5.37. The van der Waals surface area contributed by atoms with Crippen molar-refractivity contribution in [2.75, 3.05) is 19.8 Å². The minimum Gasteiger partial charge on any atom is -0.396 e. The average molecular weight is 475 g/mol. The summed E-state index contributed by atoms with van der Waals surface area (Å²) in [5.41, 5.74) is 2.54. The Kier molecular flexibility index (Phi) is 7.63. The minimum atomic E-state index is -0.0975. The molecule has 1 fully saturated rings. The Labute approximate surface area is 203 Å². The highest BCUT2D eigenvalue weighted by Crippen LogP contribution is 2.46. The van der Waals surface area contributed by atoms with E-state index in [-0.39, 0.29) is 17.6 Å². The summed E-state index contributed by atoms with van der Waals surface area (Å²) in [6.45, 7) is 15.3. The summed E-state index contributed by atoms with van der Waals surface area (Å²) >= 11 is 1.99. The third-order valence-corrected chi connectivity index (χ3v) is 9.45. The Morgan fingerprint density at radius 3 is 2.94 bits per heavy atom. The van der Waals surface area contributed by atoms with Crippen LogP contribution in [0.3, 0.4) is 0 Å². The van der Waals surface area contributed by atoms with Gasteiger partial charge in [-0.3, -0.25) is 9.58 Å². The van der Waals surface area contributed by atoms with E-state index in [2.05, 4.69) is 62.1 Å². The van der Waals surface area contributed by atoms with Crippen LogP contribution in [0.15, 0.2) is 12.3 Å². The van der Waals surface area contributed by atoms with Gasteiger partial charge in [-0.05, 0) is 62.0 Å². The molecule has 33 heavy (non-hydrogen) atoms. The van der Waals surface area contributed by atoms with Gasteiger partial charge < -0.3 is 9.84 Å². The lowest BCUT2D eigenvalue weighted by atomic mass is 9.77. The molecule has 2 aliphatic rings. The first-order valence-corrected chi connectivity index (χ1v) is 13.6. The second-order valence-corrected chi connectivity index (χ2v) is 12.2. The topological polar surface area (TPSA) is 63.4 Å². The second-order valence-electron chi connectivity index (χ2n) is 10.9. The van der Waals surface area contributed by atoms with Crippen LogP contribution >= 0.6 is 11.3 Å². The molecule has 0 aliphatic carbocycles. The van der Waals surface area contributed by atoms with Gasteiger partial charge >= 0.3 is 0 Å². The van der Waals surface area contributed by atoms with Gasteiger partial charge in [0.1, 0.15) is 0 Å². The highest BCUT2D eigenvalue weighted by atomic mass is 32.1. The second kappa shape index (κ2) is 10.1. The number of piperidine rings is 1. The molecule has 184 valence electrons. The predicted molar refractivity (Wildman–Crippen MR) is 133 cm³/mol. The number of rotatable bonds is 9. The molecule has 7 heteroatoms. The summed E-state index contributed by atoms with van der Waals surface area (Å²) in [4.78, 5) is 5.59. The van der Waals surface area contributed by atoms with Crippen molar-refractivity contribution in [1.82, 2.24) is 19.9 Å². The van der Waals surface area contributed by atoms with Crippen LogP contribution in [0.1, 0.15) is 81.3 Å². The van der Waals surface area contributed by atoms with E-state index in [0.717, 1.165) is 70.5 Å². The van der Waals surface area contributed by atoms with Crippen LogP contribution in [0.5, 0.6) is 0 Å². The van der Waals surface area contributed by atoms with Gasteiger partial charge in [0.2, 0.25) is 0 Å². The highest BCUT2D eigenvalue weighted by molar-refractivity contribution is 7.12. The minimum absolute atomic E-state index is 0.0975. The molecule has 2 aromatic heterocycles. The summed E-state index contributed by atoms with van der Waals surface area (Å²) in [6.07, 6.45) is 8.29. The van der Waals surface area contributed by atoms with Gasteiger partial charge in [-0.15, -0.1) is 16.4 Å². The summed E-state index contributed by atoms with van der Waals surface area (Å²) in [6, 6.07) is 2.87. The van der Waals surface area contributed by atoms with Gasteiger partial charge in [-0.25, -0.2) is 0 Å². The molecular formula is C26H42N4O2S. The third-order valence-electron chi connectivity index (χ3n) is 8.11. The summed E-state index contributed by atoms with van der Waals surface area (Å²) < 4.78 is 8.51. The Bertz CT molecular complexity index is 923. The Morgan fingerprint density at radius 1 is 1.39 bits per heavy atom.